The van der Waals surface area contributed by atoms with Gasteiger partial charge < -0.3 is 9.73 Å². The summed E-state index contributed by atoms with van der Waals surface area (Å²) in [7, 11) is 0. The van der Waals surface area contributed by atoms with Crippen molar-refractivity contribution in [3.63, 3.8) is 0 Å². The Morgan fingerprint density at radius 3 is 2.96 bits per heavy atom. The van der Waals surface area contributed by atoms with Gasteiger partial charge in [0.25, 0.3) is 5.56 Å². The molecule has 0 atom stereocenters. The highest BCUT2D eigenvalue weighted by molar-refractivity contribution is 6.31. The molecule has 0 saturated heterocycles. The molecule has 3 rings (SSSR count). The summed E-state index contributed by atoms with van der Waals surface area (Å²) in [6.45, 7) is 1.85. The van der Waals surface area contributed by atoms with Crippen LogP contribution >= 0.6 is 11.6 Å². The first kappa shape index (κ1) is 15.3. The van der Waals surface area contributed by atoms with Crippen LogP contribution in [0, 0.1) is 6.92 Å². The molecule has 2 heterocycles. The molecule has 23 heavy (non-hydrogen) atoms. The Bertz CT molecular complexity index is 916. The quantitative estimate of drug-likeness (QED) is 0.795. The number of carbonyl (C=O) groups excluding carboxylic acids is 1. The van der Waals surface area contributed by atoms with E-state index >= 15 is 0 Å². The van der Waals surface area contributed by atoms with Gasteiger partial charge in [0.05, 0.1) is 23.7 Å². The summed E-state index contributed by atoms with van der Waals surface area (Å²) >= 11 is 5.93. The van der Waals surface area contributed by atoms with Crippen LogP contribution in [0.15, 0.2) is 45.8 Å². The Morgan fingerprint density at radius 2 is 2.22 bits per heavy atom. The van der Waals surface area contributed by atoms with Crippen LogP contribution in [0.5, 0.6) is 0 Å². The third kappa shape index (κ3) is 3.27. The van der Waals surface area contributed by atoms with E-state index in [1.54, 1.807) is 37.3 Å². The minimum absolute atomic E-state index is 0.110. The van der Waals surface area contributed by atoms with Gasteiger partial charge in [-0.2, -0.15) is 0 Å². The number of aryl methyl sites for hydroxylation is 1. The Balaban J connectivity index is 1.84. The number of fused-ring (bicyclic) bond motifs is 1. The third-order valence-corrected chi connectivity index (χ3v) is 3.68. The molecule has 0 unspecified atom stereocenters. The summed E-state index contributed by atoms with van der Waals surface area (Å²) in [4.78, 5) is 28.9. The maximum Gasteiger partial charge on any atom is 0.261 e. The summed E-state index contributed by atoms with van der Waals surface area (Å²) < 4.78 is 6.47. The molecule has 0 spiro atoms. The Labute approximate surface area is 136 Å². The van der Waals surface area contributed by atoms with Crippen molar-refractivity contribution in [1.82, 2.24) is 14.9 Å². The lowest BCUT2D eigenvalue weighted by Crippen LogP contribution is -2.33. The number of hydrogen-bond acceptors (Lipinski definition) is 4. The average molecular weight is 332 g/mol. The molecule has 1 amide bonds. The largest absolute Gasteiger partial charge is 0.467 e. The molecule has 0 bridgehead atoms. The number of amides is 1. The van der Waals surface area contributed by atoms with E-state index in [1.165, 1.54) is 10.8 Å². The van der Waals surface area contributed by atoms with Crippen molar-refractivity contribution >= 4 is 28.4 Å². The fraction of sp³-hybridized carbons (Fsp3) is 0.188. The van der Waals surface area contributed by atoms with Crippen LogP contribution in [-0.4, -0.2) is 15.5 Å². The van der Waals surface area contributed by atoms with E-state index in [1.807, 2.05) is 0 Å². The van der Waals surface area contributed by atoms with E-state index in [2.05, 4.69) is 10.3 Å². The average Bonchev–Trinajstić information content (AvgIpc) is 3.04. The Hall–Kier alpha value is -2.60. The summed E-state index contributed by atoms with van der Waals surface area (Å²) in [5, 5.41) is 3.54. The molecule has 0 aliphatic rings. The lowest BCUT2D eigenvalue weighted by Gasteiger charge is -2.11. The lowest BCUT2D eigenvalue weighted by molar-refractivity contribution is -0.122. The van der Waals surface area contributed by atoms with E-state index in [0.29, 0.717) is 27.5 Å². The number of carbonyl (C=O) groups is 1. The molecular weight excluding hydrogens is 318 g/mol. The van der Waals surface area contributed by atoms with Crippen LogP contribution < -0.4 is 10.9 Å². The predicted octanol–water partition coefficient (Wildman–Crippen LogP) is 2.27. The first-order valence-electron chi connectivity index (χ1n) is 7.00. The highest BCUT2D eigenvalue weighted by atomic mass is 35.5. The van der Waals surface area contributed by atoms with Crippen LogP contribution in [-0.2, 0) is 17.9 Å². The number of furan rings is 1. The molecule has 7 heteroatoms. The zero-order valence-electron chi connectivity index (χ0n) is 12.4. The maximum absolute atomic E-state index is 12.5. The highest BCUT2D eigenvalue weighted by Crippen LogP contribution is 2.15. The standard InChI is InChI=1S/C16H14ClN3O3/c1-10-19-14-5-4-11(17)7-13(14)16(22)20(10)9-15(21)18-8-12-3-2-6-23-12/h2-7H,8-9H2,1H3,(H,18,21). The van der Waals surface area contributed by atoms with Gasteiger partial charge in [0.15, 0.2) is 0 Å². The van der Waals surface area contributed by atoms with Crippen molar-refractivity contribution in [1.29, 1.82) is 0 Å². The summed E-state index contributed by atoms with van der Waals surface area (Å²) in [6.07, 6.45) is 1.53. The van der Waals surface area contributed by atoms with E-state index < -0.39 is 0 Å². The van der Waals surface area contributed by atoms with E-state index in [4.69, 9.17) is 16.0 Å². The number of hydrogen-bond donors (Lipinski definition) is 1. The van der Waals surface area contributed by atoms with Crippen molar-refractivity contribution in [3.05, 3.63) is 63.6 Å². The molecule has 1 N–H and O–H groups in total. The molecule has 3 aromatic rings. The number of nitrogens with zero attached hydrogens (tertiary/aromatic N) is 2. The number of halogens is 1. The van der Waals surface area contributed by atoms with Crippen molar-refractivity contribution < 1.29 is 9.21 Å². The lowest BCUT2D eigenvalue weighted by atomic mass is 10.2. The third-order valence-electron chi connectivity index (χ3n) is 3.45. The van der Waals surface area contributed by atoms with E-state index in [-0.39, 0.29) is 24.6 Å². The maximum atomic E-state index is 12.5. The van der Waals surface area contributed by atoms with Gasteiger partial charge in [-0.3, -0.25) is 14.2 Å². The Morgan fingerprint density at radius 1 is 1.39 bits per heavy atom. The van der Waals surface area contributed by atoms with Gasteiger partial charge in [0.2, 0.25) is 5.91 Å². The van der Waals surface area contributed by atoms with E-state index in [0.717, 1.165) is 0 Å². The number of nitrogens with one attached hydrogen (secondary N) is 1. The SMILES string of the molecule is Cc1nc2ccc(Cl)cc2c(=O)n1CC(=O)NCc1ccco1. The summed E-state index contributed by atoms with van der Waals surface area (Å²) in [5.41, 5.74) is 0.271. The van der Waals surface area contributed by atoms with Gasteiger partial charge in [-0.25, -0.2) is 4.98 Å². The summed E-state index contributed by atoms with van der Waals surface area (Å²) in [6, 6.07) is 8.43. The van der Waals surface area contributed by atoms with Crippen LogP contribution in [0.2, 0.25) is 5.02 Å². The number of aromatic nitrogens is 2. The molecule has 0 aliphatic carbocycles. The molecule has 118 valence electrons. The minimum Gasteiger partial charge on any atom is -0.467 e. The van der Waals surface area contributed by atoms with Gasteiger partial charge in [-0.1, -0.05) is 11.6 Å². The second-order valence-corrected chi connectivity index (χ2v) is 5.50. The van der Waals surface area contributed by atoms with Crippen molar-refractivity contribution in [2.45, 2.75) is 20.0 Å². The van der Waals surface area contributed by atoms with Crippen LogP contribution in [0.4, 0.5) is 0 Å². The van der Waals surface area contributed by atoms with Crippen molar-refractivity contribution in [2.24, 2.45) is 0 Å². The molecular formula is C16H14ClN3O3. The normalized spacial score (nSPS) is 10.9. The van der Waals surface area contributed by atoms with Gasteiger partial charge in [0, 0.05) is 5.02 Å². The zero-order chi connectivity index (χ0) is 16.4. The van der Waals surface area contributed by atoms with Gasteiger partial charge in [0.1, 0.15) is 18.1 Å². The second-order valence-electron chi connectivity index (χ2n) is 5.07. The molecule has 1 aromatic carbocycles. The molecule has 0 radical (unpaired) electrons. The molecule has 0 fully saturated rings. The molecule has 2 aromatic heterocycles. The van der Waals surface area contributed by atoms with Gasteiger partial charge in [-0.05, 0) is 37.3 Å². The monoisotopic (exact) mass is 331 g/mol. The summed E-state index contributed by atoms with van der Waals surface area (Å²) in [5.74, 6) is 0.818. The van der Waals surface area contributed by atoms with Crippen molar-refractivity contribution in [3.8, 4) is 0 Å². The van der Waals surface area contributed by atoms with Crippen molar-refractivity contribution in [2.75, 3.05) is 0 Å². The number of rotatable bonds is 4. The fourth-order valence-corrected chi connectivity index (χ4v) is 2.46. The van der Waals surface area contributed by atoms with Crippen LogP contribution in [0.3, 0.4) is 0 Å². The van der Waals surface area contributed by atoms with Crippen LogP contribution in [0.25, 0.3) is 10.9 Å². The second kappa shape index (κ2) is 6.26. The number of benzene rings is 1. The Kier molecular flexibility index (Phi) is 4.16. The van der Waals surface area contributed by atoms with Gasteiger partial charge in [-0.15, -0.1) is 0 Å². The smallest absolute Gasteiger partial charge is 0.261 e. The highest BCUT2D eigenvalue weighted by Gasteiger charge is 2.12. The zero-order valence-corrected chi connectivity index (χ0v) is 13.1. The topological polar surface area (TPSA) is 77.1 Å². The molecule has 6 nitrogen and oxygen atoms in total. The van der Waals surface area contributed by atoms with Crippen LogP contribution in [0.1, 0.15) is 11.6 Å². The molecule has 0 aliphatic heterocycles. The predicted molar refractivity (Wildman–Crippen MR) is 86.3 cm³/mol. The minimum atomic E-state index is -0.297. The first-order chi connectivity index (χ1) is 11.0. The van der Waals surface area contributed by atoms with E-state index in [9.17, 15) is 9.59 Å². The first-order valence-corrected chi connectivity index (χ1v) is 7.38. The molecule has 0 saturated carbocycles. The fourth-order valence-electron chi connectivity index (χ4n) is 2.29. The van der Waals surface area contributed by atoms with Gasteiger partial charge >= 0.3 is 0 Å².